The monoisotopic (exact) mass is 702 g/mol. The molecular formula is C38H51ClN8O3. The van der Waals surface area contributed by atoms with E-state index < -0.39 is 0 Å². The second kappa shape index (κ2) is 17.8. The van der Waals surface area contributed by atoms with E-state index in [0.29, 0.717) is 31.2 Å². The third kappa shape index (κ3) is 9.81. The second-order valence-electron chi connectivity index (χ2n) is 13.3. The molecule has 268 valence electrons. The molecule has 0 unspecified atom stereocenters. The SMILES string of the molecule is CCc1nc2c(cnn2CC)c(NC2CCOCC2)c1CNC(=O)CC(=O)NCc1ccc(Cl)c(-c2cccc(CN(C)CCN(C)C)c2)c1. The van der Waals surface area contributed by atoms with E-state index in [0.717, 1.165) is 77.1 Å². The molecule has 2 aromatic heterocycles. The van der Waals surface area contributed by atoms with Crippen molar-refractivity contribution in [3.8, 4) is 11.1 Å². The van der Waals surface area contributed by atoms with Crippen LogP contribution in [0.2, 0.25) is 5.02 Å². The van der Waals surface area contributed by atoms with Crippen molar-refractivity contribution in [2.24, 2.45) is 0 Å². The van der Waals surface area contributed by atoms with Crippen molar-refractivity contribution in [3.63, 3.8) is 0 Å². The molecule has 11 nitrogen and oxygen atoms in total. The molecule has 1 aliphatic heterocycles. The lowest BCUT2D eigenvalue weighted by molar-refractivity contribution is -0.129. The first-order chi connectivity index (χ1) is 24.1. The summed E-state index contributed by atoms with van der Waals surface area (Å²) in [5.41, 5.74) is 7.62. The molecule has 0 radical (unpaired) electrons. The number of likely N-dealkylation sites (N-methyl/N-ethyl adjacent to an activating group) is 2. The molecule has 2 amide bonds. The van der Waals surface area contributed by atoms with Crippen LogP contribution in [0.3, 0.4) is 0 Å². The summed E-state index contributed by atoms with van der Waals surface area (Å²) < 4.78 is 7.47. The van der Waals surface area contributed by atoms with Gasteiger partial charge in [-0.15, -0.1) is 0 Å². The minimum absolute atomic E-state index is 0.251. The predicted octanol–water partition coefficient (Wildman–Crippen LogP) is 5.24. The number of nitrogens with zero attached hydrogens (tertiary/aromatic N) is 5. The maximum atomic E-state index is 13.1. The molecule has 5 rings (SSSR count). The minimum Gasteiger partial charge on any atom is -0.381 e. The molecular weight excluding hydrogens is 652 g/mol. The lowest BCUT2D eigenvalue weighted by Crippen LogP contribution is -2.32. The third-order valence-corrected chi connectivity index (χ3v) is 9.43. The average Bonchev–Trinajstić information content (AvgIpc) is 3.53. The molecule has 50 heavy (non-hydrogen) atoms. The van der Waals surface area contributed by atoms with E-state index in [1.807, 2.05) is 42.1 Å². The highest BCUT2D eigenvalue weighted by Crippen LogP contribution is 2.32. The number of fused-ring (bicyclic) bond motifs is 1. The third-order valence-electron chi connectivity index (χ3n) is 9.10. The van der Waals surface area contributed by atoms with Gasteiger partial charge in [-0.05, 0) is 82.2 Å². The number of pyridine rings is 1. The van der Waals surface area contributed by atoms with E-state index in [4.69, 9.17) is 21.3 Å². The Morgan fingerprint density at radius 2 is 1.74 bits per heavy atom. The minimum atomic E-state index is -0.352. The van der Waals surface area contributed by atoms with Crippen LogP contribution in [0.25, 0.3) is 22.2 Å². The van der Waals surface area contributed by atoms with Gasteiger partial charge in [-0.3, -0.25) is 9.59 Å². The quantitative estimate of drug-likeness (QED) is 0.136. The smallest absolute Gasteiger partial charge is 0.229 e. The molecule has 0 spiro atoms. The first-order valence-corrected chi connectivity index (χ1v) is 18.0. The summed E-state index contributed by atoms with van der Waals surface area (Å²) in [5.74, 6) is -0.703. The van der Waals surface area contributed by atoms with Crippen LogP contribution < -0.4 is 16.0 Å². The number of rotatable bonds is 16. The molecule has 0 aliphatic carbocycles. The number of carbonyl (C=O) groups excluding carboxylic acids is 2. The molecule has 1 fully saturated rings. The van der Waals surface area contributed by atoms with Crippen molar-refractivity contribution in [2.75, 3.05) is 52.8 Å². The molecule has 0 saturated carbocycles. The molecule has 1 aliphatic rings. The normalized spacial score (nSPS) is 13.7. The number of carbonyl (C=O) groups is 2. The van der Waals surface area contributed by atoms with E-state index in [2.05, 4.69) is 77.1 Å². The Bertz CT molecular complexity index is 1770. The molecule has 12 heteroatoms. The summed E-state index contributed by atoms with van der Waals surface area (Å²) in [6.07, 6.45) is 4.06. The predicted molar refractivity (Wildman–Crippen MR) is 200 cm³/mol. The van der Waals surface area contributed by atoms with Gasteiger partial charge in [0.25, 0.3) is 0 Å². The van der Waals surface area contributed by atoms with Gasteiger partial charge in [0.2, 0.25) is 11.8 Å². The molecule has 0 atom stereocenters. The fourth-order valence-corrected chi connectivity index (χ4v) is 6.49. The van der Waals surface area contributed by atoms with Gasteiger partial charge in [0.1, 0.15) is 6.42 Å². The number of hydrogen-bond donors (Lipinski definition) is 3. The number of halogens is 1. The molecule has 1 saturated heterocycles. The van der Waals surface area contributed by atoms with E-state index in [9.17, 15) is 9.59 Å². The summed E-state index contributed by atoms with van der Waals surface area (Å²) in [6.45, 7) is 9.57. The van der Waals surface area contributed by atoms with Crippen LogP contribution in [-0.4, -0.2) is 89.9 Å². The van der Waals surface area contributed by atoms with Gasteiger partial charge < -0.3 is 30.5 Å². The van der Waals surface area contributed by atoms with Crippen LogP contribution >= 0.6 is 11.6 Å². The fraction of sp³-hybridized carbons (Fsp3) is 0.474. The van der Waals surface area contributed by atoms with E-state index >= 15 is 0 Å². The average molecular weight is 703 g/mol. The molecule has 0 bridgehead atoms. The first kappa shape index (κ1) is 37.2. The Balaban J connectivity index is 1.20. The number of ether oxygens (including phenoxy) is 1. The summed E-state index contributed by atoms with van der Waals surface area (Å²) >= 11 is 6.64. The highest BCUT2D eigenvalue weighted by molar-refractivity contribution is 6.33. The van der Waals surface area contributed by atoms with Gasteiger partial charge in [-0.1, -0.05) is 42.8 Å². The van der Waals surface area contributed by atoms with Crippen molar-refractivity contribution in [1.82, 2.24) is 35.2 Å². The summed E-state index contributed by atoms with van der Waals surface area (Å²) in [7, 11) is 6.28. The maximum absolute atomic E-state index is 13.1. The van der Waals surface area contributed by atoms with Crippen molar-refractivity contribution < 1.29 is 14.3 Å². The van der Waals surface area contributed by atoms with Crippen LogP contribution in [0.1, 0.15) is 55.5 Å². The lowest BCUT2D eigenvalue weighted by atomic mass is 10.0. The van der Waals surface area contributed by atoms with Gasteiger partial charge in [0.05, 0.1) is 17.3 Å². The topological polar surface area (TPSA) is 117 Å². The number of hydrogen-bond acceptors (Lipinski definition) is 8. The standard InChI is InChI=1S/C38H51ClN8O3/c1-6-34-31(37(43-29-13-17-50-18-14-29)32-24-42-47(7-2)38(32)44-34)23-41-36(49)21-35(48)40-22-26-11-12-33(39)30(20-26)28-10-8-9-27(19-28)25-46(5)16-15-45(3)4/h8-12,19-20,24,29H,6-7,13-18,21-23,25H2,1-5H3,(H,40,48)(H,41,49)(H,43,44). The number of nitrogens with one attached hydrogen (secondary N) is 3. The van der Waals surface area contributed by atoms with Crippen LogP contribution in [0.4, 0.5) is 5.69 Å². The number of amides is 2. The Morgan fingerprint density at radius 1 is 0.980 bits per heavy atom. The van der Waals surface area contributed by atoms with Gasteiger partial charge in [-0.2, -0.15) is 5.10 Å². The van der Waals surface area contributed by atoms with Crippen molar-refractivity contribution in [3.05, 3.63) is 76.1 Å². The van der Waals surface area contributed by atoms with Crippen LogP contribution in [-0.2, 0) is 46.9 Å². The van der Waals surface area contributed by atoms with Crippen molar-refractivity contribution >= 4 is 40.1 Å². The van der Waals surface area contributed by atoms with E-state index in [1.54, 1.807) is 0 Å². The number of aryl methyl sites for hydroxylation is 2. The maximum Gasteiger partial charge on any atom is 0.229 e. The zero-order valence-corrected chi connectivity index (χ0v) is 30.8. The summed E-state index contributed by atoms with van der Waals surface area (Å²) in [4.78, 5) is 35.4. The molecule has 2 aromatic carbocycles. The first-order valence-electron chi connectivity index (χ1n) is 17.6. The van der Waals surface area contributed by atoms with Crippen LogP contribution in [0, 0.1) is 0 Å². The zero-order chi connectivity index (χ0) is 35.6. The van der Waals surface area contributed by atoms with Gasteiger partial charge in [-0.25, -0.2) is 9.67 Å². The Labute approximate surface area is 300 Å². The summed E-state index contributed by atoms with van der Waals surface area (Å²) in [5, 5.41) is 15.7. The number of benzene rings is 2. The van der Waals surface area contributed by atoms with Gasteiger partial charge in [0, 0.05) is 80.4 Å². The second-order valence-corrected chi connectivity index (χ2v) is 13.7. The largest absolute Gasteiger partial charge is 0.381 e. The fourth-order valence-electron chi connectivity index (χ4n) is 6.26. The molecule has 3 heterocycles. The molecule has 3 N–H and O–H groups in total. The van der Waals surface area contributed by atoms with Crippen LogP contribution in [0.15, 0.2) is 48.7 Å². The van der Waals surface area contributed by atoms with Gasteiger partial charge >= 0.3 is 0 Å². The Morgan fingerprint density at radius 3 is 2.46 bits per heavy atom. The molecule has 4 aromatic rings. The van der Waals surface area contributed by atoms with Gasteiger partial charge in [0.15, 0.2) is 5.65 Å². The van der Waals surface area contributed by atoms with Crippen molar-refractivity contribution in [1.29, 1.82) is 0 Å². The summed E-state index contributed by atoms with van der Waals surface area (Å²) in [6, 6.07) is 14.4. The van der Waals surface area contributed by atoms with E-state index in [1.165, 1.54) is 5.56 Å². The highest BCUT2D eigenvalue weighted by Gasteiger charge is 2.22. The number of aromatic nitrogens is 3. The van der Waals surface area contributed by atoms with E-state index in [-0.39, 0.29) is 37.4 Å². The zero-order valence-electron chi connectivity index (χ0n) is 30.0. The van der Waals surface area contributed by atoms with Crippen molar-refractivity contribution in [2.45, 2.75) is 71.8 Å². The Hall–Kier alpha value is -4.03. The van der Waals surface area contributed by atoms with Crippen LogP contribution in [0.5, 0.6) is 0 Å². The Kier molecular flexibility index (Phi) is 13.2. The highest BCUT2D eigenvalue weighted by atomic mass is 35.5. The number of anilines is 1. The lowest BCUT2D eigenvalue weighted by Gasteiger charge is -2.26.